The van der Waals surface area contributed by atoms with Gasteiger partial charge in [0.15, 0.2) is 0 Å². The van der Waals surface area contributed by atoms with Crippen LogP contribution < -0.4 is 5.73 Å². The van der Waals surface area contributed by atoms with Gasteiger partial charge in [-0.25, -0.2) is 0 Å². The first-order valence-corrected chi connectivity index (χ1v) is 3.62. The summed E-state index contributed by atoms with van der Waals surface area (Å²) in [5.41, 5.74) is 13.8. The van der Waals surface area contributed by atoms with Crippen molar-refractivity contribution in [2.24, 2.45) is 10.8 Å². The Balaban J connectivity index is 2.39. The normalized spacial score (nSPS) is 32.9. The number of hydrogen-bond acceptors (Lipinski definition) is 2. The molecule has 0 aromatic rings. The van der Waals surface area contributed by atoms with Crippen molar-refractivity contribution in [1.82, 2.24) is 0 Å². The third-order valence-corrected chi connectivity index (χ3v) is 1.90. The monoisotopic (exact) mass is 140 g/mol. The lowest BCUT2D eigenvalue weighted by molar-refractivity contribution is 0.392. The molecule has 0 aliphatic heterocycles. The minimum atomic E-state index is 0.161. The van der Waals surface area contributed by atoms with Gasteiger partial charge in [0, 0.05) is 17.0 Å². The minimum Gasteiger partial charge on any atom is -0.328 e. The summed E-state index contributed by atoms with van der Waals surface area (Å²) >= 11 is 0. The van der Waals surface area contributed by atoms with Crippen molar-refractivity contribution in [1.29, 1.82) is 0 Å². The van der Waals surface area contributed by atoms with Gasteiger partial charge in [-0.3, -0.25) is 0 Å². The summed E-state index contributed by atoms with van der Waals surface area (Å²) in [7, 11) is 0. The Morgan fingerprint density at radius 2 is 2.30 bits per heavy atom. The number of nitrogens with zero attached hydrogens (tertiary/aromatic N) is 3. The fraction of sp³-hybridized carbons (Fsp3) is 1.00. The van der Waals surface area contributed by atoms with Crippen LogP contribution in [0.4, 0.5) is 0 Å². The molecule has 0 heterocycles. The van der Waals surface area contributed by atoms with E-state index in [1.54, 1.807) is 0 Å². The van der Waals surface area contributed by atoms with Gasteiger partial charge in [0.1, 0.15) is 0 Å². The van der Waals surface area contributed by atoms with E-state index in [1.165, 1.54) is 0 Å². The van der Waals surface area contributed by atoms with E-state index in [4.69, 9.17) is 11.3 Å². The Hall–Kier alpha value is -0.730. The summed E-state index contributed by atoms with van der Waals surface area (Å²) < 4.78 is 0. The maximum atomic E-state index is 8.12. The van der Waals surface area contributed by atoms with Gasteiger partial charge < -0.3 is 5.73 Å². The lowest BCUT2D eigenvalue weighted by Crippen LogP contribution is -2.29. The average molecular weight is 140 g/mol. The first kappa shape index (κ1) is 7.38. The molecule has 0 unspecified atom stereocenters. The zero-order valence-corrected chi connectivity index (χ0v) is 5.90. The van der Waals surface area contributed by atoms with Gasteiger partial charge in [0.05, 0.1) is 0 Å². The molecule has 2 N–H and O–H groups in total. The Bertz CT molecular complexity index is 150. The highest BCUT2D eigenvalue weighted by molar-refractivity contribution is 4.79. The van der Waals surface area contributed by atoms with Gasteiger partial charge in [-0.15, -0.1) is 0 Å². The third-order valence-electron chi connectivity index (χ3n) is 1.90. The summed E-state index contributed by atoms with van der Waals surface area (Å²) in [4.78, 5) is 2.76. The largest absolute Gasteiger partial charge is 0.328 e. The number of nitrogens with two attached hydrogens (primary N) is 1. The first-order valence-electron chi connectivity index (χ1n) is 3.62. The van der Waals surface area contributed by atoms with Gasteiger partial charge in [-0.05, 0) is 24.8 Å². The molecule has 1 rings (SSSR count). The quantitative estimate of drug-likeness (QED) is 0.335. The van der Waals surface area contributed by atoms with E-state index < -0.39 is 0 Å². The van der Waals surface area contributed by atoms with E-state index in [0.717, 1.165) is 25.7 Å². The van der Waals surface area contributed by atoms with Crippen LogP contribution in [0.2, 0.25) is 0 Å². The predicted octanol–water partition coefficient (Wildman–Crippen LogP) is 1.57. The van der Waals surface area contributed by atoms with Gasteiger partial charge in [0.2, 0.25) is 0 Å². The van der Waals surface area contributed by atoms with Crippen LogP contribution in [0.5, 0.6) is 0 Å². The van der Waals surface area contributed by atoms with Crippen LogP contribution in [-0.4, -0.2) is 12.1 Å². The molecule has 56 valence electrons. The molecule has 1 fully saturated rings. The van der Waals surface area contributed by atoms with E-state index in [2.05, 4.69) is 10.0 Å². The molecule has 0 bridgehead atoms. The Labute approximate surface area is 60.0 Å². The molecule has 0 spiro atoms. The van der Waals surface area contributed by atoms with Crippen molar-refractivity contribution >= 4 is 0 Å². The molecule has 0 radical (unpaired) electrons. The smallest absolute Gasteiger partial charge is 0.0388 e. The zero-order chi connectivity index (χ0) is 7.40. The molecule has 1 aliphatic carbocycles. The van der Waals surface area contributed by atoms with Crippen molar-refractivity contribution in [2.45, 2.75) is 37.8 Å². The van der Waals surface area contributed by atoms with Crippen molar-refractivity contribution in [3.8, 4) is 0 Å². The first-order chi connectivity index (χ1) is 4.83. The summed E-state index contributed by atoms with van der Waals surface area (Å²) in [6.07, 6.45) is 4.06. The summed E-state index contributed by atoms with van der Waals surface area (Å²) in [6.45, 7) is 0. The third kappa shape index (κ3) is 1.90. The Morgan fingerprint density at radius 3 is 2.90 bits per heavy atom. The summed E-state index contributed by atoms with van der Waals surface area (Å²) in [6, 6.07) is 0.415. The van der Waals surface area contributed by atoms with Gasteiger partial charge in [-0.2, -0.15) is 0 Å². The number of rotatable bonds is 1. The van der Waals surface area contributed by atoms with Crippen molar-refractivity contribution < 1.29 is 0 Å². The van der Waals surface area contributed by atoms with E-state index in [-0.39, 0.29) is 12.1 Å². The summed E-state index contributed by atoms with van der Waals surface area (Å²) in [5.74, 6) is 0. The molecular weight excluding hydrogens is 128 g/mol. The molecule has 4 nitrogen and oxygen atoms in total. The van der Waals surface area contributed by atoms with Crippen LogP contribution in [0.25, 0.3) is 10.4 Å². The molecule has 2 atom stereocenters. The lowest BCUT2D eigenvalue weighted by atomic mass is 9.92. The van der Waals surface area contributed by atoms with Crippen molar-refractivity contribution in [3.63, 3.8) is 0 Å². The number of azide groups is 1. The van der Waals surface area contributed by atoms with E-state index in [1.807, 2.05) is 0 Å². The maximum absolute atomic E-state index is 8.12. The van der Waals surface area contributed by atoms with Crippen LogP contribution >= 0.6 is 0 Å². The molecular formula is C6H12N4. The van der Waals surface area contributed by atoms with E-state index in [0.29, 0.717) is 0 Å². The average Bonchev–Trinajstić information content (AvgIpc) is 1.88. The second kappa shape index (κ2) is 3.44. The van der Waals surface area contributed by atoms with Gasteiger partial charge in [0.25, 0.3) is 0 Å². The van der Waals surface area contributed by atoms with E-state index >= 15 is 0 Å². The standard InChI is InChI=1S/C6H12N4/c7-5-2-1-3-6(4-5)9-10-8/h5-6H,1-4,7H2/t5-,6+/m0/s1. The molecule has 1 saturated carbocycles. The highest BCUT2D eigenvalue weighted by Gasteiger charge is 2.17. The molecule has 4 heteroatoms. The highest BCUT2D eigenvalue weighted by Crippen LogP contribution is 2.19. The van der Waals surface area contributed by atoms with Crippen LogP contribution in [0.1, 0.15) is 25.7 Å². The van der Waals surface area contributed by atoms with Crippen LogP contribution in [0, 0.1) is 0 Å². The predicted molar refractivity (Wildman–Crippen MR) is 39.4 cm³/mol. The maximum Gasteiger partial charge on any atom is 0.0388 e. The van der Waals surface area contributed by atoms with Crippen molar-refractivity contribution in [2.75, 3.05) is 0 Å². The summed E-state index contributed by atoms with van der Waals surface area (Å²) in [5, 5.41) is 3.63. The molecule has 0 aromatic heterocycles. The Kier molecular flexibility index (Phi) is 2.54. The second-order valence-corrected chi connectivity index (χ2v) is 2.79. The second-order valence-electron chi connectivity index (χ2n) is 2.79. The lowest BCUT2D eigenvalue weighted by Gasteiger charge is -2.22. The Morgan fingerprint density at radius 1 is 1.50 bits per heavy atom. The van der Waals surface area contributed by atoms with Crippen LogP contribution in [0.15, 0.2) is 5.11 Å². The number of hydrogen-bond donors (Lipinski definition) is 1. The molecule has 0 saturated heterocycles. The minimum absolute atomic E-state index is 0.161. The van der Waals surface area contributed by atoms with Crippen molar-refractivity contribution in [3.05, 3.63) is 10.4 Å². The fourth-order valence-electron chi connectivity index (χ4n) is 1.38. The molecule has 10 heavy (non-hydrogen) atoms. The van der Waals surface area contributed by atoms with Gasteiger partial charge in [-0.1, -0.05) is 11.5 Å². The van der Waals surface area contributed by atoms with E-state index in [9.17, 15) is 0 Å². The topological polar surface area (TPSA) is 74.8 Å². The van der Waals surface area contributed by atoms with Gasteiger partial charge >= 0.3 is 0 Å². The molecule has 1 aliphatic rings. The van der Waals surface area contributed by atoms with Crippen LogP contribution in [0.3, 0.4) is 0 Å². The zero-order valence-electron chi connectivity index (χ0n) is 5.90. The molecule has 0 amide bonds. The fourth-order valence-corrected chi connectivity index (χ4v) is 1.38. The van der Waals surface area contributed by atoms with Crippen LogP contribution in [-0.2, 0) is 0 Å². The highest BCUT2D eigenvalue weighted by atomic mass is 15.1. The SMILES string of the molecule is [N-]=[N+]=N[C@@H]1CCC[C@H](N)C1. The molecule has 0 aromatic carbocycles.